The fraction of sp³-hybridized carbons (Fsp3) is 0.167. The molecule has 158 valence electrons. The van der Waals surface area contributed by atoms with Crippen molar-refractivity contribution in [2.75, 3.05) is 12.4 Å². The van der Waals surface area contributed by atoms with Crippen molar-refractivity contribution in [1.29, 1.82) is 0 Å². The summed E-state index contributed by atoms with van der Waals surface area (Å²) in [4.78, 5) is 24.6. The van der Waals surface area contributed by atoms with Crippen LogP contribution in [0.2, 0.25) is 0 Å². The zero-order chi connectivity index (χ0) is 22.0. The number of carbonyl (C=O) groups excluding carboxylic acids is 2. The highest BCUT2D eigenvalue weighted by Crippen LogP contribution is 2.36. The fourth-order valence-corrected chi connectivity index (χ4v) is 3.21. The highest BCUT2D eigenvalue weighted by Gasteiger charge is 2.20. The molecule has 4 aromatic rings. The standard InChI is InChI=1S/C24H21NO6/c1-14-8-9-16(29-14)10-11-23(26)30-15(2)24(27)25-19-13-21-18(12-22(19)28-3)17-6-4-5-7-20(17)31-21/h4-13,15H,1-3H3,(H,25,27). The molecule has 7 heteroatoms. The Morgan fingerprint density at radius 3 is 2.58 bits per heavy atom. The number of fused-ring (bicyclic) bond motifs is 3. The quantitative estimate of drug-likeness (QED) is 0.346. The predicted octanol–water partition coefficient (Wildman–Crippen LogP) is 5.08. The summed E-state index contributed by atoms with van der Waals surface area (Å²) in [6.45, 7) is 3.29. The van der Waals surface area contributed by atoms with Gasteiger partial charge in [-0.15, -0.1) is 0 Å². The molecule has 1 atom stereocenters. The first kappa shape index (κ1) is 20.3. The summed E-state index contributed by atoms with van der Waals surface area (Å²) in [5, 5.41) is 4.57. The van der Waals surface area contributed by atoms with Gasteiger partial charge in [-0.25, -0.2) is 4.79 Å². The van der Waals surface area contributed by atoms with Crippen LogP contribution < -0.4 is 10.1 Å². The van der Waals surface area contributed by atoms with Crippen LogP contribution in [0.3, 0.4) is 0 Å². The number of hydrogen-bond acceptors (Lipinski definition) is 6. The van der Waals surface area contributed by atoms with Gasteiger partial charge in [0, 0.05) is 22.9 Å². The predicted molar refractivity (Wildman–Crippen MR) is 117 cm³/mol. The van der Waals surface area contributed by atoms with Crippen molar-refractivity contribution in [2.45, 2.75) is 20.0 Å². The van der Waals surface area contributed by atoms with Gasteiger partial charge in [-0.3, -0.25) is 4.79 Å². The number of amides is 1. The van der Waals surface area contributed by atoms with E-state index < -0.39 is 18.0 Å². The molecule has 4 rings (SSSR count). The molecule has 0 aliphatic heterocycles. The minimum absolute atomic E-state index is 0.420. The molecule has 1 unspecified atom stereocenters. The zero-order valence-electron chi connectivity index (χ0n) is 17.3. The van der Waals surface area contributed by atoms with E-state index in [1.54, 1.807) is 25.1 Å². The van der Waals surface area contributed by atoms with E-state index in [1.807, 2.05) is 30.3 Å². The van der Waals surface area contributed by atoms with Crippen LogP contribution >= 0.6 is 0 Å². The molecule has 2 aromatic carbocycles. The second-order valence-electron chi connectivity index (χ2n) is 7.00. The molecule has 0 aliphatic rings. The van der Waals surface area contributed by atoms with Crippen LogP contribution in [-0.2, 0) is 14.3 Å². The summed E-state index contributed by atoms with van der Waals surface area (Å²) in [7, 11) is 1.52. The van der Waals surface area contributed by atoms with Crippen molar-refractivity contribution in [3.63, 3.8) is 0 Å². The molecule has 0 spiro atoms. The first-order valence-electron chi connectivity index (χ1n) is 9.70. The molecular weight excluding hydrogens is 398 g/mol. The lowest BCUT2D eigenvalue weighted by Crippen LogP contribution is -2.29. The Hall–Kier alpha value is -4.00. The zero-order valence-corrected chi connectivity index (χ0v) is 17.3. The van der Waals surface area contributed by atoms with E-state index >= 15 is 0 Å². The van der Waals surface area contributed by atoms with Crippen molar-refractivity contribution in [2.24, 2.45) is 0 Å². The van der Waals surface area contributed by atoms with Crippen molar-refractivity contribution in [1.82, 2.24) is 0 Å². The third-order valence-electron chi connectivity index (χ3n) is 4.76. The summed E-state index contributed by atoms with van der Waals surface area (Å²) in [6.07, 6.45) is 1.67. The van der Waals surface area contributed by atoms with E-state index in [4.69, 9.17) is 18.3 Å². The van der Waals surface area contributed by atoms with E-state index in [1.165, 1.54) is 26.2 Å². The molecule has 1 N–H and O–H groups in total. The van der Waals surface area contributed by atoms with Gasteiger partial charge in [0.15, 0.2) is 6.10 Å². The van der Waals surface area contributed by atoms with Gasteiger partial charge in [0.25, 0.3) is 5.91 Å². The highest BCUT2D eigenvalue weighted by atomic mass is 16.5. The van der Waals surface area contributed by atoms with Gasteiger partial charge in [0.05, 0.1) is 12.8 Å². The van der Waals surface area contributed by atoms with Gasteiger partial charge in [-0.05, 0) is 44.2 Å². The smallest absolute Gasteiger partial charge is 0.331 e. The second kappa shape index (κ2) is 8.39. The van der Waals surface area contributed by atoms with Crippen molar-refractivity contribution in [3.8, 4) is 5.75 Å². The second-order valence-corrected chi connectivity index (χ2v) is 7.00. The first-order chi connectivity index (χ1) is 14.9. The lowest BCUT2D eigenvalue weighted by molar-refractivity contribution is -0.148. The number of aryl methyl sites for hydroxylation is 1. The molecule has 0 saturated heterocycles. The van der Waals surface area contributed by atoms with Crippen molar-refractivity contribution in [3.05, 3.63) is 66.1 Å². The SMILES string of the molecule is COc1cc2c(cc1NC(=O)C(C)OC(=O)C=Cc1ccc(C)o1)oc1ccccc12. The Morgan fingerprint density at radius 2 is 1.84 bits per heavy atom. The Bertz CT molecular complexity index is 1300. The van der Waals surface area contributed by atoms with E-state index in [0.717, 1.165) is 22.1 Å². The number of ether oxygens (including phenoxy) is 2. The maximum Gasteiger partial charge on any atom is 0.331 e. The molecular formula is C24H21NO6. The summed E-state index contributed by atoms with van der Waals surface area (Å²) in [6, 6.07) is 14.7. The number of methoxy groups -OCH3 is 1. The van der Waals surface area contributed by atoms with Crippen LogP contribution in [0.25, 0.3) is 28.0 Å². The maximum absolute atomic E-state index is 12.6. The summed E-state index contributed by atoms with van der Waals surface area (Å²) in [5.74, 6) is 0.575. The summed E-state index contributed by atoms with van der Waals surface area (Å²) < 4.78 is 21.8. The Labute approximate surface area is 178 Å². The summed E-state index contributed by atoms with van der Waals surface area (Å²) >= 11 is 0. The van der Waals surface area contributed by atoms with Gasteiger partial charge in [0.2, 0.25) is 0 Å². The normalized spacial score (nSPS) is 12.4. The number of para-hydroxylation sites is 1. The van der Waals surface area contributed by atoms with Gasteiger partial charge >= 0.3 is 5.97 Å². The highest BCUT2D eigenvalue weighted by molar-refractivity contribution is 6.08. The van der Waals surface area contributed by atoms with Gasteiger partial charge in [0.1, 0.15) is 28.4 Å². The number of benzene rings is 2. The maximum atomic E-state index is 12.6. The minimum Gasteiger partial charge on any atom is -0.495 e. The first-order valence-corrected chi connectivity index (χ1v) is 9.70. The molecule has 0 aliphatic carbocycles. The van der Waals surface area contributed by atoms with Crippen LogP contribution in [0.4, 0.5) is 5.69 Å². The largest absolute Gasteiger partial charge is 0.495 e. The van der Waals surface area contributed by atoms with Crippen LogP contribution in [0.1, 0.15) is 18.4 Å². The molecule has 0 fully saturated rings. The van der Waals surface area contributed by atoms with Crippen LogP contribution in [0, 0.1) is 6.92 Å². The number of esters is 1. The third-order valence-corrected chi connectivity index (χ3v) is 4.76. The third kappa shape index (κ3) is 4.30. The number of furan rings is 2. The van der Waals surface area contributed by atoms with E-state index in [0.29, 0.717) is 22.8 Å². The Kier molecular flexibility index (Phi) is 5.49. The lowest BCUT2D eigenvalue weighted by atomic mass is 10.1. The number of rotatable bonds is 6. The molecule has 31 heavy (non-hydrogen) atoms. The fourth-order valence-electron chi connectivity index (χ4n) is 3.21. The molecule has 2 heterocycles. The topological polar surface area (TPSA) is 90.9 Å². The van der Waals surface area contributed by atoms with Crippen LogP contribution in [0.15, 0.2) is 63.4 Å². The molecule has 2 aromatic heterocycles. The lowest BCUT2D eigenvalue weighted by Gasteiger charge is -2.14. The van der Waals surface area contributed by atoms with Crippen LogP contribution in [0.5, 0.6) is 5.75 Å². The molecule has 1 amide bonds. The van der Waals surface area contributed by atoms with E-state index in [2.05, 4.69) is 5.32 Å². The van der Waals surface area contributed by atoms with Gasteiger partial charge in [-0.2, -0.15) is 0 Å². The minimum atomic E-state index is -1.02. The van der Waals surface area contributed by atoms with Crippen LogP contribution in [-0.4, -0.2) is 25.1 Å². The number of nitrogens with one attached hydrogen (secondary N) is 1. The van der Waals surface area contributed by atoms with Gasteiger partial charge in [-0.1, -0.05) is 18.2 Å². The van der Waals surface area contributed by atoms with E-state index in [-0.39, 0.29) is 0 Å². The van der Waals surface area contributed by atoms with Gasteiger partial charge < -0.3 is 23.6 Å². The number of anilines is 1. The molecule has 0 saturated carbocycles. The number of carbonyl (C=O) groups is 2. The molecule has 0 radical (unpaired) electrons. The summed E-state index contributed by atoms with van der Waals surface area (Å²) in [5.41, 5.74) is 1.77. The van der Waals surface area contributed by atoms with Crippen molar-refractivity contribution >= 4 is 45.6 Å². The number of hydrogen-bond donors (Lipinski definition) is 1. The van der Waals surface area contributed by atoms with Crippen molar-refractivity contribution < 1.29 is 27.9 Å². The average Bonchev–Trinajstić information content (AvgIpc) is 3.34. The Morgan fingerprint density at radius 1 is 1.03 bits per heavy atom. The molecule has 7 nitrogen and oxygen atoms in total. The average molecular weight is 419 g/mol. The van der Waals surface area contributed by atoms with E-state index in [9.17, 15) is 9.59 Å². The molecule has 0 bridgehead atoms. The Balaban J connectivity index is 1.48. The monoisotopic (exact) mass is 419 g/mol.